The maximum Gasteiger partial charge on any atom is 0.133 e. The summed E-state index contributed by atoms with van der Waals surface area (Å²) in [6, 6.07) is 0.749. The summed E-state index contributed by atoms with van der Waals surface area (Å²) in [5.74, 6) is 0.486. The smallest absolute Gasteiger partial charge is 0.133 e. The molecule has 0 aromatic heterocycles. The van der Waals surface area contributed by atoms with E-state index in [1.165, 1.54) is 32.4 Å². The molecule has 0 amide bonds. The molecule has 2 nitrogen and oxygen atoms in total. The van der Waals surface area contributed by atoms with Crippen LogP contribution in [0.2, 0.25) is 0 Å². The van der Waals surface area contributed by atoms with Crippen molar-refractivity contribution in [2.45, 2.75) is 51.0 Å². The summed E-state index contributed by atoms with van der Waals surface area (Å²) < 4.78 is 0. The van der Waals surface area contributed by atoms with Crippen LogP contribution in [0.15, 0.2) is 0 Å². The van der Waals surface area contributed by atoms with Crippen LogP contribution in [0.5, 0.6) is 0 Å². The van der Waals surface area contributed by atoms with E-state index in [2.05, 4.69) is 4.90 Å². The van der Waals surface area contributed by atoms with Gasteiger partial charge < -0.3 is 0 Å². The zero-order valence-corrected chi connectivity index (χ0v) is 8.80. The molecule has 78 valence electrons. The van der Waals surface area contributed by atoms with Crippen LogP contribution >= 0.6 is 0 Å². The number of Topliss-reactive ketones (excluding diaryl/α,β-unsaturated/α-hetero) is 1. The first-order valence-electron chi connectivity index (χ1n) is 6.03. The van der Waals surface area contributed by atoms with Crippen LogP contribution < -0.4 is 0 Å². The summed E-state index contributed by atoms with van der Waals surface area (Å²) in [6.07, 6.45) is 8.34. The molecule has 3 aliphatic rings. The lowest BCUT2D eigenvalue weighted by molar-refractivity contribution is -0.125. The fourth-order valence-corrected chi connectivity index (χ4v) is 3.36. The van der Waals surface area contributed by atoms with Gasteiger partial charge in [-0.3, -0.25) is 9.69 Å². The standard InChI is InChI=1S/C12H19NO/c14-11-4-2-10(3-5-11)13-8-12(9-13)6-1-7-12/h10H,1-9H2. The molecule has 0 bridgehead atoms. The van der Waals surface area contributed by atoms with E-state index < -0.39 is 0 Å². The second-order valence-electron chi connectivity index (χ2n) is 5.53. The van der Waals surface area contributed by atoms with Crippen LogP contribution in [0, 0.1) is 5.41 Å². The van der Waals surface area contributed by atoms with Crippen LogP contribution in [0.3, 0.4) is 0 Å². The first kappa shape index (κ1) is 8.90. The van der Waals surface area contributed by atoms with Crippen molar-refractivity contribution in [1.29, 1.82) is 0 Å². The molecule has 2 aliphatic carbocycles. The molecular weight excluding hydrogens is 174 g/mol. The van der Waals surface area contributed by atoms with Gasteiger partial charge in [0.15, 0.2) is 0 Å². The second kappa shape index (κ2) is 3.06. The average molecular weight is 193 g/mol. The van der Waals surface area contributed by atoms with Crippen molar-refractivity contribution >= 4 is 5.78 Å². The van der Waals surface area contributed by atoms with Crippen LogP contribution in [0.1, 0.15) is 44.9 Å². The zero-order valence-electron chi connectivity index (χ0n) is 8.80. The van der Waals surface area contributed by atoms with Crippen LogP contribution in [-0.4, -0.2) is 29.8 Å². The first-order valence-corrected chi connectivity index (χ1v) is 6.03. The summed E-state index contributed by atoms with van der Waals surface area (Å²) in [4.78, 5) is 13.7. The normalized spacial score (nSPS) is 32.7. The Morgan fingerprint density at radius 2 is 1.79 bits per heavy atom. The number of ketones is 1. The fourth-order valence-electron chi connectivity index (χ4n) is 3.36. The van der Waals surface area contributed by atoms with Crippen molar-refractivity contribution in [1.82, 2.24) is 4.90 Å². The van der Waals surface area contributed by atoms with E-state index in [1.807, 2.05) is 0 Å². The molecule has 0 aromatic rings. The minimum Gasteiger partial charge on any atom is -0.300 e. The van der Waals surface area contributed by atoms with E-state index in [0.29, 0.717) is 5.78 Å². The van der Waals surface area contributed by atoms with Crippen LogP contribution in [0.25, 0.3) is 0 Å². The Balaban J connectivity index is 1.51. The lowest BCUT2D eigenvalue weighted by Crippen LogP contribution is -2.62. The maximum atomic E-state index is 11.1. The fraction of sp³-hybridized carbons (Fsp3) is 0.917. The molecule has 0 unspecified atom stereocenters. The van der Waals surface area contributed by atoms with E-state index in [9.17, 15) is 4.79 Å². The van der Waals surface area contributed by atoms with Gasteiger partial charge in [-0.25, -0.2) is 0 Å². The van der Waals surface area contributed by atoms with E-state index in [0.717, 1.165) is 37.1 Å². The maximum absolute atomic E-state index is 11.1. The van der Waals surface area contributed by atoms with Crippen molar-refractivity contribution in [2.75, 3.05) is 13.1 Å². The minimum absolute atomic E-state index is 0.486. The summed E-state index contributed by atoms with van der Waals surface area (Å²) in [5.41, 5.74) is 0.751. The summed E-state index contributed by atoms with van der Waals surface area (Å²) >= 11 is 0. The SMILES string of the molecule is O=C1CCC(N2CC3(CCC3)C2)CC1. The molecule has 3 fully saturated rings. The van der Waals surface area contributed by atoms with Crippen LogP contribution in [0.4, 0.5) is 0 Å². The Labute approximate surface area is 85.7 Å². The molecular formula is C12H19NO. The number of hydrogen-bond acceptors (Lipinski definition) is 2. The van der Waals surface area contributed by atoms with Crippen molar-refractivity contribution in [2.24, 2.45) is 5.41 Å². The second-order valence-corrected chi connectivity index (χ2v) is 5.53. The number of carbonyl (C=O) groups is 1. The third-order valence-electron chi connectivity index (χ3n) is 4.52. The Bertz CT molecular complexity index is 239. The summed E-state index contributed by atoms with van der Waals surface area (Å²) in [5, 5.41) is 0. The number of hydrogen-bond donors (Lipinski definition) is 0. The van der Waals surface area contributed by atoms with E-state index >= 15 is 0 Å². The topological polar surface area (TPSA) is 20.3 Å². The van der Waals surface area contributed by atoms with Crippen molar-refractivity contribution in [3.8, 4) is 0 Å². The third-order valence-corrected chi connectivity index (χ3v) is 4.52. The quantitative estimate of drug-likeness (QED) is 0.634. The molecule has 1 saturated heterocycles. The predicted octanol–water partition coefficient (Wildman–Crippen LogP) is 1.98. The molecule has 2 saturated carbocycles. The van der Waals surface area contributed by atoms with Gasteiger partial charge in [0.25, 0.3) is 0 Å². The van der Waals surface area contributed by atoms with Gasteiger partial charge in [-0.2, -0.15) is 0 Å². The summed E-state index contributed by atoms with van der Waals surface area (Å²) in [6.45, 7) is 2.68. The van der Waals surface area contributed by atoms with Gasteiger partial charge in [-0.05, 0) is 31.1 Å². The third kappa shape index (κ3) is 1.31. The van der Waals surface area contributed by atoms with Gasteiger partial charge in [-0.1, -0.05) is 6.42 Å². The molecule has 0 radical (unpaired) electrons. The van der Waals surface area contributed by atoms with Crippen LogP contribution in [-0.2, 0) is 4.79 Å². The van der Waals surface area contributed by atoms with Gasteiger partial charge >= 0.3 is 0 Å². The summed E-state index contributed by atoms with van der Waals surface area (Å²) in [7, 11) is 0. The highest BCUT2D eigenvalue weighted by molar-refractivity contribution is 5.79. The molecule has 1 heterocycles. The number of carbonyl (C=O) groups excluding carboxylic acids is 1. The van der Waals surface area contributed by atoms with Crippen molar-refractivity contribution in [3.05, 3.63) is 0 Å². The van der Waals surface area contributed by atoms with Gasteiger partial charge in [0.05, 0.1) is 0 Å². The highest BCUT2D eigenvalue weighted by Crippen LogP contribution is 2.49. The molecule has 3 rings (SSSR count). The molecule has 2 heteroatoms. The highest BCUT2D eigenvalue weighted by atomic mass is 16.1. The van der Waals surface area contributed by atoms with E-state index in [4.69, 9.17) is 0 Å². The number of nitrogens with zero attached hydrogens (tertiary/aromatic N) is 1. The Morgan fingerprint density at radius 3 is 2.29 bits per heavy atom. The monoisotopic (exact) mass is 193 g/mol. The number of likely N-dealkylation sites (tertiary alicyclic amines) is 1. The van der Waals surface area contributed by atoms with E-state index in [-0.39, 0.29) is 0 Å². The zero-order chi connectivity index (χ0) is 9.60. The lowest BCUT2D eigenvalue weighted by atomic mass is 9.63. The Kier molecular flexibility index (Phi) is 1.94. The molecule has 1 spiro atoms. The van der Waals surface area contributed by atoms with Crippen molar-refractivity contribution < 1.29 is 4.79 Å². The molecule has 0 atom stereocenters. The Hall–Kier alpha value is -0.370. The highest BCUT2D eigenvalue weighted by Gasteiger charge is 2.49. The molecule has 0 aromatic carbocycles. The van der Waals surface area contributed by atoms with Crippen molar-refractivity contribution in [3.63, 3.8) is 0 Å². The van der Waals surface area contributed by atoms with E-state index in [1.54, 1.807) is 0 Å². The Morgan fingerprint density at radius 1 is 1.14 bits per heavy atom. The van der Waals surface area contributed by atoms with Gasteiger partial charge in [0.1, 0.15) is 5.78 Å². The number of rotatable bonds is 1. The predicted molar refractivity (Wildman–Crippen MR) is 55.1 cm³/mol. The first-order chi connectivity index (χ1) is 6.77. The molecule has 14 heavy (non-hydrogen) atoms. The van der Waals surface area contributed by atoms with Gasteiger partial charge in [0, 0.05) is 32.0 Å². The van der Waals surface area contributed by atoms with Gasteiger partial charge in [-0.15, -0.1) is 0 Å². The minimum atomic E-state index is 0.486. The average Bonchev–Trinajstić information content (AvgIpc) is 2.03. The largest absolute Gasteiger partial charge is 0.300 e. The van der Waals surface area contributed by atoms with Gasteiger partial charge in [0.2, 0.25) is 0 Å². The molecule has 0 N–H and O–H groups in total. The molecule has 1 aliphatic heterocycles. The lowest BCUT2D eigenvalue weighted by Gasteiger charge is -2.59.